The maximum atomic E-state index is 11.9. The van der Waals surface area contributed by atoms with Gasteiger partial charge in [0.2, 0.25) is 0 Å². The monoisotopic (exact) mass is 405 g/mol. The third kappa shape index (κ3) is 18.1. The molecule has 1 atom stereocenters. The number of esters is 2. The third-order valence-electron chi connectivity index (χ3n) is 4.11. The zero-order valence-electron chi connectivity index (χ0n) is 16.7. The second-order valence-electron chi connectivity index (χ2n) is 6.64. The molecule has 0 fully saturated rings. The van der Waals surface area contributed by atoms with Crippen LogP contribution >= 0.6 is 8.69 Å². The van der Waals surface area contributed by atoms with Crippen LogP contribution in [0.1, 0.15) is 84.0 Å². The van der Waals surface area contributed by atoms with Crippen molar-refractivity contribution in [2.45, 2.75) is 90.1 Å². The predicted molar refractivity (Wildman–Crippen MR) is 105 cm³/mol. The summed E-state index contributed by atoms with van der Waals surface area (Å²) in [6.07, 6.45) is 9.98. The van der Waals surface area contributed by atoms with Gasteiger partial charge >= 0.3 is 20.6 Å². The Morgan fingerprint density at radius 2 is 1.44 bits per heavy atom. The molecule has 158 valence electrons. The van der Waals surface area contributed by atoms with Crippen molar-refractivity contribution in [1.29, 1.82) is 0 Å². The van der Waals surface area contributed by atoms with Crippen molar-refractivity contribution in [1.82, 2.24) is 0 Å². The summed E-state index contributed by atoms with van der Waals surface area (Å²) < 4.78 is 25.7. The molecule has 27 heavy (non-hydrogen) atoms. The Kier molecular flexibility index (Phi) is 19.0. The molecule has 0 aliphatic rings. The van der Waals surface area contributed by atoms with Gasteiger partial charge < -0.3 is 15.2 Å². The summed E-state index contributed by atoms with van der Waals surface area (Å²) in [5, 5.41) is 0. The SMILES string of the molecule is CCCCCCCC(=O)O[C@@H](COP=O)COC(=O)CCCCCCCN. The molecule has 0 aromatic heterocycles. The Labute approximate surface area is 165 Å². The van der Waals surface area contributed by atoms with Crippen LogP contribution in [-0.4, -0.2) is 37.8 Å². The van der Waals surface area contributed by atoms with Crippen LogP contribution in [0.5, 0.6) is 0 Å². The smallest absolute Gasteiger partial charge is 0.327 e. The fourth-order valence-corrected chi connectivity index (χ4v) is 2.78. The highest BCUT2D eigenvalue weighted by Gasteiger charge is 2.17. The van der Waals surface area contributed by atoms with Gasteiger partial charge in [0.05, 0.1) is 0 Å². The maximum Gasteiger partial charge on any atom is 0.327 e. The van der Waals surface area contributed by atoms with Crippen molar-refractivity contribution in [3.63, 3.8) is 0 Å². The van der Waals surface area contributed by atoms with Crippen molar-refractivity contribution in [3.05, 3.63) is 0 Å². The lowest BCUT2D eigenvalue weighted by molar-refractivity contribution is -0.160. The van der Waals surface area contributed by atoms with E-state index in [1.807, 2.05) is 0 Å². The van der Waals surface area contributed by atoms with Gasteiger partial charge in [-0.2, -0.15) is 0 Å². The molecule has 0 rings (SSSR count). The first-order valence-electron chi connectivity index (χ1n) is 10.1. The van der Waals surface area contributed by atoms with E-state index < -0.39 is 14.8 Å². The average molecular weight is 405 g/mol. The predicted octanol–water partition coefficient (Wildman–Crippen LogP) is 4.32. The molecule has 0 bridgehead atoms. The summed E-state index contributed by atoms with van der Waals surface area (Å²) in [6.45, 7) is 2.69. The summed E-state index contributed by atoms with van der Waals surface area (Å²) >= 11 is 0. The van der Waals surface area contributed by atoms with Gasteiger partial charge in [-0.15, -0.1) is 0 Å². The number of hydrogen-bond acceptors (Lipinski definition) is 7. The molecule has 8 heteroatoms. The van der Waals surface area contributed by atoms with Crippen LogP contribution < -0.4 is 5.73 Å². The lowest BCUT2D eigenvalue weighted by Gasteiger charge is -2.16. The summed E-state index contributed by atoms with van der Waals surface area (Å²) in [6, 6.07) is 0. The number of carbonyl (C=O) groups is 2. The number of carbonyl (C=O) groups excluding carboxylic acids is 2. The zero-order chi connectivity index (χ0) is 20.2. The van der Waals surface area contributed by atoms with Crippen molar-refractivity contribution in [3.8, 4) is 0 Å². The summed E-state index contributed by atoms with van der Waals surface area (Å²) in [7, 11) is -0.497. The quantitative estimate of drug-likeness (QED) is 0.194. The molecule has 0 aliphatic heterocycles. The Morgan fingerprint density at radius 1 is 0.852 bits per heavy atom. The fraction of sp³-hybridized carbons (Fsp3) is 0.895. The van der Waals surface area contributed by atoms with Gasteiger partial charge in [0.25, 0.3) is 0 Å². The lowest BCUT2D eigenvalue weighted by atomic mass is 10.1. The van der Waals surface area contributed by atoms with Crippen molar-refractivity contribution in [2.75, 3.05) is 19.8 Å². The molecule has 0 amide bonds. The molecule has 0 saturated carbocycles. The molecule has 0 saturated heterocycles. The van der Waals surface area contributed by atoms with Gasteiger partial charge in [-0.25, -0.2) is 4.57 Å². The Bertz CT molecular complexity index is 394. The molecular formula is C19H36NO6P. The zero-order valence-corrected chi connectivity index (χ0v) is 17.6. The minimum Gasteiger partial charge on any atom is -0.462 e. The topological polar surface area (TPSA) is 105 Å². The summed E-state index contributed by atoms with van der Waals surface area (Å²) in [4.78, 5) is 23.7. The second kappa shape index (κ2) is 19.7. The normalized spacial score (nSPS) is 12.1. The third-order valence-corrected chi connectivity index (χ3v) is 4.37. The van der Waals surface area contributed by atoms with E-state index in [4.69, 9.17) is 19.7 Å². The highest BCUT2D eigenvalue weighted by atomic mass is 31.1. The molecule has 0 aromatic carbocycles. The summed E-state index contributed by atoms with van der Waals surface area (Å²) in [5.41, 5.74) is 5.43. The molecule has 0 heterocycles. The first-order valence-corrected chi connectivity index (χ1v) is 10.9. The van der Waals surface area contributed by atoms with E-state index in [1.54, 1.807) is 0 Å². The molecule has 7 nitrogen and oxygen atoms in total. The molecule has 0 spiro atoms. The van der Waals surface area contributed by atoms with Gasteiger partial charge in [0.15, 0.2) is 6.10 Å². The highest BCUT2D eigenvalue weighted by Crippen LogP contribution is 2.10. The van der Waals surface area contributed by atoms with E-state index in [-0.39, 0.29) is 25.2 Å². The van der Waals surface area contributed by atoms with Crippen molar-refractivity contribution < 1.29 is 28.2 Å². The molecule has 2 N–H and O–H groups in total. The van der Waals surface area contributed by atoms with E-state index in [1.165, 1.54) is 0 Å². The molecule has 0 unspecified atom stereocenters. The van der Waals surface area contributed by atoms with Gasteiger partial charge in [-0.3, -0.25) is 14.1 Å². The Morgan fingerprint density at radius 3 is 2.07 bits per heavy atom. The highest BCUT2D eigenvalue weighted by molar-refractivity contribution is 7.17. The lowest BCUT2D eigenvalue weighted by Crippen LogP contribution is -2.28. The van der Waals surface area contributed by atoms with E-state index in [2.05, 4.69) is 6.92 Å². The van der Waals surface area contributed by atoms with Gasteiger partial charge in [0.1, 0.15) is 13.2 Å². The van der Waals surface area contributed by atoms with Crippen LogP contribution in [0.4, 0.5) is 0 Å². The average Bonchev–Trinajstić information content (AvgIpc) is 2.66. The number of hydrogen-bond donors (Lipinski definition) is 1. The second-order valence-corrected chi connectivity index (χ2v) is 7.04. The molecule has 0 aromatic rings. The number of unbranched alkanes of at least 4 members (excludes halogenated alkanes) is 8. The standard InChI is InChI=1S/C19H36NO6P/c1-2-3-4-6-10-13-19(22)26-17(16-25-27-23)15-24-18(21)12-9-7-5-8-11-14-20/h17H,2-16,20H2,1H3/t17-/m1/s1. The van der Waals surface area contributed by atoms with Crippen LogP contribution in [-0.2, 0) is 28.2 Å². The molecule has 0 aliphatic carbocycles. The Hall–Kier alpha value is -1.04. The van der Waals surface area contributed by atoms with Crippen molar-refractivity contribution >= 4 is 20.6 Å². The molecule has 0 radical (unpaired) electrons. The van der Waals surface area contributed by atoms with Crippen LogP contribution in [0.2, 0.25) is 0 Å². The van der Waals surface area contributed by atoms with Gasteiger partial charge in [-0.1, -0.05) is 51.9 Å². The maximum absolute atomic E-state index is 11.9. The van der Waals surface area contributed by atoms with Crippen LogP contribution in [0.25, 0.3) is 0 Å². The van der Waals surface area contributed by atoms with Crippen LogP contribution in [0.3, 0.4) is 0 Å². The van der Waals surface area contributed by atoms with E-state index in [0.29, 0.717) is 19.4 Å². The number of nitrogens with two attached hydrogens (primary N) is 1. The number of rotatable bonds is 19. The first-order chi connectivity index (χ1) is 13.1. The van der Waals surface area contributed by atoms with Crippen LogP contribution in [0.15, 0.2) is 0 Å². The summed E-state index contributed by atoms with van der Waals surface area (Å²) in [5.74, 6) is -0.673. The Balaban J connectivity index is 3.98. The molecular weight excluding hydrogens is 369 g/mol. The van der Waals surface area contributed by atoms with E-state index in [9.17, 15) is 14.2 Å². The van der Waals surface area contributed by atoms with Gasteiger partial charge in [0, 0.05) is 12.8 Å². The van der Waals surface area contributed by atoms with E-state index in [0.717, 1.165) is 64.2 Å². The van der Waals surface area contributed by atoms with Gasteiger partial charge in [-0.05, 0) is 25.8 Å². The fourth-order valence-electron chi connectivity index (χ4n) is 2.55. The number of ether oxygens (including phenoxy) is 2. The van der Waals surface area contributed by atoms with Crippen molar-refractivity contribution in [2.24, 2.45) is 5.73 Å². The first kappa shape index (κ1) is 26.0. The largest absolute Gasteiger partial charge is 0.462 e. The van der Waals surface area contributed by atoms with E-state index >= 15 is 0 Å². The minimum atomic E-state index is -0.733. The van der Waals surface area contributed by atoms with Crippen LogP contribution in [0, 0.1) is 0 Å². The minimum absolute atomic E-state index is 0.0704.